The Balaban J connectivity index is 1.87. The van der Waals surface area contributed by atoms with Crippen LogP contribution in [0.3, 0.4) is 0 Å². The second-order valence-corrected chi connectivity index (χ2v) is 8.39. The Morgan fingerprint density at radius 3 is 2.53 bits per heavy atom. The van der Waals surface area contributed by atoms with E-state index in [1.54, 1.807) is 25.6 Å². The van der Waals surface area contributed by atoms with E-state index in [0.29, 0.717) is 22.0 Å². The number of rotatable bonds is 5. The number of pyridine rings is 1. The number of benzene rings is 1. The number of nitriles is 1. The number of hydrogen-bond acceptors (Lipinski definition) is 5. The van der Waals surface area contributed by atoms with Crippen LogP contribution in [0.1, 0.15) is 29.4 Å². The summed E-state index contributed by atoms with van der Waals surface area (Å²) in [5, 5.41) is 12.2. The zero-order chi connectivity index (χ0) is 22.0. The van der Waals surface area contributed by atoms with Gasteiger partial charge in [-0.05, 0) is 51.5 Å². The summed E-state index contributed by atoms with van der Waals surface area (Å²) in [6.45, 7) is 7.21. The van der Waals surface area contributed by atoms with Crippen molar-refractivity contribution in [3.8, 4) is 11.8 Å². The molecule has 8 heteroatoms. The lowest BCUT2D eigenvalue weighted by Gasteiger charge is -2.13. The van der Waals surface area contributed by atoms with Gasteiger partial charge in [-0.3, -0.25) is 14.3 Å². The van der Waals surface area contributed by atoms with Gasteiger partial charge in [-0.2, -0.15) is 5.26 Å². The lowest BCUT2D eigenvalue weighted by molar-refractivity contribution is -0.115. The SMILES string of the molecule is Cc1cc(C)c(C#N)c(S[C@@H](C)C(=O)Nc2c(C)n(C)n(-c3ccccc3)c2=O)n1. The Morgan fingerprint density at radius 1 is 1.23 bits per heavy atom. The summed E-state index contributed by atoms with van der Waals surface area (Å²) in [5.41, 5.74) is 3.39. The second kappa shape index (κ2) is 8.59. The molecule has 30 heavy (non-hydrogen) atoms. The van der Waals surface area contributed by atoms with E-state index in [4.69, 9.17) is 0 Å². The third kappa shape index (κ3) is 4.02. The third-order valence-corrected chi connectivity index (χ3v) is 5.97. The fourth-order valence-corrected chi connectivity index (χ4v) is 4.20. The first kappa shape index (κ1) is 21.4. The first-order valence-corrected chi connectivity index (χ1v) is 10.3. The molecule has 0 saturated heterocycles. The molecule has 0 aliphatic rings. The van der Waals surface area contributed by atoms with Crippen molar-refractivity contribution in [1.82, 2.24) is 14.3 Å². The molecule has 0 saturated carbocycles. The zero-order valence-corrected chi connectivity index (χ0v) is 18.4. The lowest BCUT2D eigenvalue weighted by atomic mass is 10.1. The molecule has 0 bridgehead atoms. The van der Waals surface area contributed by atoms with E-state index in [9.17, 15) is 14.9 Å². The van der Waals surface area contributed by atoms with Crippen LogP contribution >= 0.6 is 11.8 Å². The molecule has 1 amide bonds. The van der Waals surface area contributed by atoms with Gasteiger partial charge in [0.05, 0.1) is 22.2 Å². The van der Waals surface area contributed by atoms with E-state index >= 15 is 0 Å². The van der Waals surface area contributed by atoms with Crippen molar-refractivity contribution in [3.05, 3.63) is 69.3 Å². The number of amides is 1. The Kier molecular flexibility index (Phi) is 6.13. The van der Waals surface area contributed by atoms with Crippen LogP contribution in [-0.2, 0) is 11.8 Å². The van der Waals surface area contributed by atoms with Gasteiger partial charge in [0.15, 0.2) is 0 Å². The van der Waals surface area contributed by atoms with Crippen molar-refractivity contribution in [2.24, 2.45) is 7.05 Å². The molecule has 2 heterocycles. The predicted molar refractivity (Wildman–Crippen MR) is 118 cm³/mol. The average Bonchev–Trinajstić information content (AvgIpc) is 2.91. The fraction of sp³-hybridized carbons (Fsp3) is 0.273. The van der Waals surface area contributed by atoms with Crippen LogP contribution < -0.4 is 10.9 Å². The Hall–Kier alpha value is -3.31. The molecule has 0 unspecified atom stereocenters. The van der Waals surface area contributed by atoms with Crippen molar-refractivity contribution < 1.29 is 4.79 Å². The van der Waals surface area contributed by atoms with Gasteiger partial charge in [-0.15, -0.1) is 0 Å². The number of para-hydroxylation sites is 1. The number of aryl methyl sites for hydroxylation is 2. The van der Waals surface area contributed by atoms with E-state index in [-0.39, 0.29) is 17.2 Å². The number of hydrogen-bond donors (Lipinski definition) is 1. The zero-order valence-electron chi connectivity index (χ0n) is 17.6. The highest BCUT2D eigenvalue weighted by Gasteiger charge is 2.23. The first-order valence-electron chi connectivity index (χ1n) is 9.44. The summed E-state index contributed by atoms with van der Waals surface area (Å²) < 4.78 is 3.23. The van der Waals surface area contributed by atoms with E-state index < -0.39 is 5.25 Å². The van der Waals surface area contributed by atoms with Gasteiger partial charge in [0.1, 0.15) is 16.8 Å². The number of carbonyl (C=O) groups is 1. The largest absolute Gasteiger partial charge is 0.319 e. The van der Waals surface area contributed by atoms with Gasteiger partial charge in [0, 0.05) is 12.7 Å². The van der Waals surface area contributed by atoms with Crippen molar-refractivity contribution in [1.29, 1.82) is 5.26 Å². The number of thioether (sulfide) groups is 1. The van der Waals surface area contributed by atoms with Crippen LogP contribution in [0.5, 0.6) is 0 Å². The Morgan fingerprint density at radius 2 is 1.90 bits per heavy atom. The molecule has 3 rings (SSSR count). The summed E-state index contributed by atoms with van der Waals surface area (Å²) in [4.78, 5) is 30.2. The minimum Gasteiger partial charge on any atom is -0.319 e. The molecule has 3 aromatic rings. The van der Waals surface area contributed by atoms with Crippen molar-refractivity contribution >= 4 is 23.4 Å². The van der Waals surface area contributed by atoms with Gasteiger partial charge in [0.25, 0.3) is 5.56 Å². The van der Waals surface area contributed by atoms with Gasteiger partial charge in [-0.1, -0.05) is 30.0 Å². The summed E-state index contributed by atoms with van der Waals surface area (Å²) >= 11 is 1.21. The number of nitrogens with one attached hydrogen (secondary N) is 1. The highest BCUT2D eigenvalue weighted by atomic mass is 32.2. The van der Waals surface area contributed by atoms with Crippen LogP contribution in [0.25, 0.3) is 5.69 Å². The minimum absolute atomic E-state index is 0.243. The highest BCUT2D eigenvalue weighted by Crippen LogP contribution is 2.28. The molecule has 0 spiro atoms. The maximum absolute atomic E-state index is 13.0. The number of anilines is 1. The van der Waals surface area contributed by atoms with Crippen LogP contribution in [-0.4, -0.2) is 25.5 Å². The monoisotopic (exact) mass is 421 g/mol. The molecule has 1 aromatic carbocycles. The second-order valence-electron chi connectivity index (χ2n) is 7.06. The van der Waals surface area contributed by atoms with Gasteiger partial charge in [-0.25, -0.2) is 9.67 Å². The molecule has 0 fully saturated rings. The van der Waals surface area contributed by atoms with Crippen molar-refractivity contribution in [2.75, 3.05) is 5.32 Å². The average molecular weight is 422 g/mol. The van der Waals surface area contributed by atoms with Gasteiger partial charge >= 0.3 is 0 Å². The fourth-order valence-electron chi connectivity index (χ4n) is 3.18. The van der Waals surface area contributed by atoms with Crippen LogP contribution in [0.2, 0.25) is 0 Å². The molecule has 1 N–H and O–H groups in total. The maximum atomic E-state index is 13.0. The van der Waals surface area contributed by atoms with Gasteiger partial charge in [0.2, 0.25) is 5.91 Å². The van der Waals surface area contributed by atoms with Crippen molar-refractivity contribution in [2.45, 2.75) is 38.0 Å². The first-order chi connectivity index (χ1) is 14.2. The van der Waals surface area contributed by atoms with Crippen LogP contribution in [0.15, 0.2) is 46.2 Å². The molecule has 1 atom stereocenters. The summed E-state index contributed by atoms with van der Waals surface area (Å²) in [6.07, 6.45) is 0. The molecular weight excluding hydrogens is 398 g/mol. The molecular formula is C22H23N5O2S. The lowest BCUT2D eigenvalue weighted by Crippen LogP contribution is -2.27. The van der Waals surface area contributed by atoms with Crippen molar-refractivity contribution in [3.63, 3.8) is 0 Å². The molecule has 154 valence electrons. The highest BCUT2D eigenvalue weighted by molar-refractivity contribution is 8.00. The normalized spacial score (nSPS) is 11.7. The van der Waals surface area contributed by atoms with E-state index in [1.807, 2.05) is 50.2 Å². The quantitative estimate of drug-likeness (QED) is 0.637. The molecule has 0 aliphatic carbocycles. The topological polar surface area (TPSA) is 92.7 Å². The molecule has 7 nitrogen and oxygen atoms in total. The minimum atomic E-state index is -0.546. The molecule has 0 radical (unpaired) electrons. The smallest absolute Gasteiger partial charge is 0.295 e. The third-order valence-electron chi connectivity index (χ3n) is 4.88. The van der Waals surface area contributed by atoms with E-state index in [0.717, 1.165) is 11.3 Å². The Labute approximate surface area is 179 Å². The maximum Gasteiger partial charge on any atom is 0.295 e. The molecule has 0 aliphatic heterocycles. The van der Waals surface area contributed by atoms with Gasteiger partial charge < -0.3 is 5.32 Å². The van der Waals surface area contributed by atoms with E-state index in [2.05, 4.69) is 16.4 Å². The number of carbonyl (C=O) groups excluding carboxylic acids is 1. The number of aromatic nitrogens is 3. The van der Waals surface area contributed by atoms with Crippen LogP contribution in [0, 0.1) is 32.1 Å². The molecule has 2 aromatic heterocycles. The summed E-state index contributed by atoms with van der Waals surface area (Å²) in [7, 11) is 1.77. The Bertz CT molecular complexity index is 1200. The van der Waals surface area contributed by atoms with E-state index in [1.165, 1.54) is 16.4 Å². The van der Waals surface area contributed by atoms with Crippen LogP contribution in [0.4, 0.5) is 5.69 Å². The predicted octanol–water partition coefficient (Wildman–Crippen LogP) is 3.49. The summed E-state index contributed by atoms with van der Waals surface area (Å²) in [5.74, 6) is -0.323. The summed E-state index contributed by atoms with van der Waals surface area (Å²) in [6, 6.07) is 13.2. The number of nitrogens with zero attached hydrogens (tertiary/aromatic N) is 4. The standard InChI is InChI=1S/C22H23N5O2S/c1-13-11-14(2)24-21(18(13)12-23)30-16(4)20(28)25-19-15(3)26(5)27(22(19)29)17-9-7-6-8-10-17/h6-11,16H,1-5H3,(H,25,28)/t16-/m0/s1.